The molecule has 0 aliphatic heterocycles. The zero-order chi connectivity index (χ0) is 13.4. The van der Waals surface area contributed by atoms with Gasteiger partial charge in [-0.3, -0.25) is 0 Å². The van der Waals surface area contributed by atoms with E-state index in [-0.39, 0.29) is 5.41 Å². The van der Waals surface area contributed by atoms with Crippen LogP contribution in [0.25, 0.3) is 0 Å². The summed E-state index contributed by atoms with van der Waals surface area (Å²) < 4.78 is 5.42. The molecule has 2 rings (SSSR count). The van der Waals surface area contributed by atoms with Gasteiger partial charge in [-0.1, -0.05) is 45.7 Å². The molecule has 1 fully saturated rings. The van der Waals surface area contributed by atoms with Crippen LogP contribution < -0.4 is 5.73 Å². The van der Waals surface area contributed by atoms with E-state index in [1.165, 1.54) is 6.42 Å². The lowest BCUT2D eigenvalue weighted by Gasteiger charge is -2.33. The second kappa shape index (κ2) is 4.65. The van der Waals surface area contributed by atoms with Gasteiger partial charge >= 0.3 is 0 Å². The normalized spacial score (nSPS) is 29.5. The van der Waals surface area contributed by atoms with Crippen molar-refractivity contribution in [3.05, 3.63) is 11.7 Å². The Morgan fingerprint density at radius 3 is 2.78 bits per heavy atom. The molecule has 1 aromatic rings. The molecule has 2 N–H and O–H groups in total. The van der Waals surface area contributed by atoms with Crippen molar-refractivity contribution in [2.75, 3.05) is 0 Å². The Morgan fingerprint density at radius 2 is 2.17 bits per heavy atom. The van der Waals surface area contributed by atoms with Crippen LogP contribution in [0.5, 0.6) is 0 Å². The SMILES string of the molecule is CC1CCCC(N)(c2nc(CC(C)(C)C)no2)C1. The molecule has 4 heteroatoms. The molecular formula is C14H25N3O. The van der Waals surface area contributed by atoms with Crippen molar-refractivity contribution < 1.29 is 4.52 Å². The van der Waals surface area contributed by atoms with Gasteiger partial charge in [-0.2, -0.15) is 4.98 Å². The Balaban J connectivity index is 2.14. The second-order valence-electron chi connectivity index (χ2n) is 7.11. The highest BCUT2D eigenvalue weighted by molar-refractivity contribution is 5.05. The fraction of sp³-hybridized carbons (Fsp3) is 0.857. The van der Waals surface area contributed by atoms with E-state index in [4.69, 9.17) is 10.3 Å². The maximum absolute atomic E-state index is 6.45. The van der Waals surface area contributed by atoms with E-state index in [2.05, 4.69) is 37.8 Å². The first kappa shape index (κ1) is 13.5. The van der Waals surface area contributed by atoms with Gasteiger partial charge in [-0.15, -0.1) is 0 Å². The predicted molar refractivity (Wildman–Crippen MR) is 71.0 cm³/mol. The minimum atomic E-state index is -0.402. The first-order valence-electron chi connectivity index (χ1n) is 6.90. The molecule has 2 atom stereocenters. The van der Waals surface area contributed by atoms with Crippen LogP contribution in [0.4, 0.5) is 0 Å². The van der Waals surface area contributed by atoms with Gasteiger partial charge in [0.1, 0.15) is 0 Å². The van der Waals surface area contributed by atoms with E-state index in [0.717, 1.165) is 31.5 Å². The standard InChI is InChI=1S/C14H25N3O/c1-10-6-5-7-14(15,8-10)12-16-11(17-18-12)9-13(2,3)4/h10H,5-9,15H2,1-4H3. The summed E-state index contributed by atoms with van der Waals surface area (Å²) in [6.07, 6.45) is 5.12. The Morgan fingerprint density at radius 1 is 1.44 bits per heavy atom. The van der Waals surface area contributed by atoms with Crippen molar-refractivity contribution in [2.45, 2.75) is 65.3 Å². The van der Waals surface area contributed by atoms with Crippen molar-refractivity contribution >= 4 is 0 Å². The summed E-state index contributed by atoms with van der Waals surface area (Å²) in [4.78, 5) is 4.52. The van der Waals surface area contributed by atoms with Gasteiger partial charge in [0.15, 0.2) is 5.82 Å². The van der Waals surface area contributed by atoms with Crippen molar-refractivity contribution in [1.29, 1.82) is 0 Å². The molecule has 18 heavy (non-hydrogen) atoms. The molecule has 0 aromatic carbocycles. The summed E-state index contributed by atoms with van der Waals surface area (Å²) >= 11 is 0. The summed E-state index contributed by atoms with van der Waals surface area (Å²) in [6, 6.07) is 0. The van der Waals surface area contributed by atoms with E-state index in [9.17, 15) is 0 Å². The van der Waals surface area contributed by atoms with Crippen LogP contribution in [-0.2, 0) is 12.0 Å². The molecule has 0 radical (unpaired) electrons. The number of hydrogen-bond donors (Lipinski definition) is 1. The lowest BCUT2D eigenvalue weighted by Crippen LogP contribution is -2.41. The maximum atomic E-state index is 6.45. The molecule has 0 amide bonds. The molecule has 0 saturated heterocycles. The van der Waals surface area contributed by atoms with Crippen molar-refractivity contribution in [3.8, 4) is 0 Å². The Hall–Kier alpha value is -0.900. The van der Waals surface area contributed by atoms with E-state index in [1.807, 2.05) is 0 Å². The molecule has 0 spiro atoms. The predicted octanol–water partition coefficient (Wildman–Crippen LogP) is 3.02. The lowest BCUT2D eigenvalue weighted by atomic mass is 9.77. The minimum absolute atomic E-state index is 0.169. The highest BCUT2D eigenvalue weighted by atomic mass is 16.5. The van der Waals surface area contributed by atoms with Crippen LogP contribution in [0.3, 0.4) is 0 Å². The molecule has 1 aromatic heterocycles. The third-order valence-corrected chi connectivity index (χ3v) is 3.61. The number of rotatable bonds is 2. The van der Waals surface area contributed by atoms with E-state index in [1.54, 1.807) is 0 Å². The van der Waals surface area contributed by atoms with Gasteiger partial charge in [0, 0.05) is 6.42 Å². The minimum Gasteiger partial charge on any atom is -0.337 e. The quantitative estimate of drug-likeness (QED) is 0.877. The molecule has 1 saturated carbocycles. The largest absolute Gasteiger partial charge is 0.337 e. The van der Waals surface area contributed by atoms with Crippen LogP contribution >= 0.6 is 0 Å². The van der Waals surface area contributed by atoms with E-state index in [0.29, 0.717) is 11.8 Å². The number of nitrogens with two attached hydrogens (primary N) is 1. The molecule has 1 heterocycles. The highest BCUT2D eigenvalue weighted by Gasteiger charge is 2.37. The summed E-state index contributed by atoms with van der Waals surface area (Å²) in [5.74, 6) is 2.05. The molecule has 4 nitrogen and oxygen atoms in total. The fourth-order valence-corrected chi connectivity index (χ4v) is 2.79. The van der Waals surface area contributed by atoms with E-state index < -0.39 is 5.54 Å². The Kier molecular flexibility index (Phi) is 3.49. The molecule has 102 valence electrons. The van der Waals surface area contributed by atoms with Crippen molar-refractivity contribution in [1.82, 2.24) is 10.1 Å². The monoisotopic (exact) mass is 251 g/mol. The van der Waals surface area contributed by atoms with Gasteiger partial charge in [0.2, 0.25) is 5.89 Å². The molecule has 2 unspecified atom stereocenters. The Bertz CT molecular complexity index is 407. The number of aromatic nitrogens is 2. The average Bonchev–Trinajstić information content (AvgIpc) is 2.63. The topological polar surface area (TPSA) is 64.9 Å². The summed E-state index contributed by atoms with van der Waals surface area (Å²) in [6.45, 7) is 8.75. The van der Waals surface area contributed by atoms with Gasteiger partial charge in [-0.25, -0.2) is 0 Å². The van der Waals surface area contributed by atoms with Gasteiger partial charge < -0.3 is 10.3 Å². The number of hydrogen-bond acceptors (Lipinski definition) is 4. The van der Waals surface area contributed by atoms with Gasteiger partial charge in [-0.05, 0) is 24.2 Å². The van der Waals surface area contributed by atoms with Gasteiger partial charge in [0.25, 0.3) is 0 Å². The van der Waals surface area contributed by atoms with Crippen LogP contribution in [-0.4, -0.2) is 10.1 Å². The molecular weight excluding hydrogens is 226 g/mol. The lowest BCUT2D eigenvalue weighted by molar-refractivity contribution is 0.183. The maximum Gasteiger partial charge on any atom is 0.246 e. The van der Waals surface area contributed by atoms with Crippen molar-refractivity contribution in [2.24, 2.45) is 17.1 Å². The molecule has 1 aliphatic carbocycles. The third kappa shape index (κ3) is 3.10. The molecule has 0 bridgehead atoms. The number of nitrogens with zero attached hydrogens (tertiary/aromatic N) is 2. The first-order chi connectivity index (χ1) is 8.28. The van der Waals surface area contributed by atoms with Crippen LogP contribution in [0.15, 0.2) is 4.52 Å². The zero-order valence-electron chi connectivity index (χ0n) is 12.0. The van der Waals surface area contributed by atoms with Gasteiger partial charge in [0.05, 0.1) is 5.54 Å². The zero-order valence-corrected chi connectivity index (χ0v) is 12.0. The fourth-order valence-electron chi connectivity index (χ4n) is 2.79. The first-order valence-corrected chi connectivity index (χ1v) is 6.90. The van der Waals surface area contributed by atoms with Crippen LogP contribution in [0.2, 0.25) is 0 Å². The van der Waals surface area contributed by atoms with E-state index >= 15 is 0 Å². The second-order valence-corrected chi connectivity index (χ2v) is 7.11. The highest BCUT2D eigenvalue weighted by Crippen LogP contribution is 2.37. The van der Waals surface area contributed by atoms with Crippen LogP contribution in [0.1, 0.15) is 65.1 Å². The smallest absolute Gasteiger partial charge is 0.246 e. The summed E-state index contributed by atoms with van der Waals surface area (Å²) in [5.41, 5.74) is 6.22. The average molecular weight is 251 g/mol. The van der Waals surface area contributed by atoms with Crippen LogP contribution in [0, 0.1) is 11.3 Å². The third-order valence-electron chi connectivity index (χ3n) is 3.61. The van der Waals surface area contributed by atoms with Crippen molar-refractivity contribution in [3.63, 3.8) is 0 Å². The summed E-state index contributed by atoms with van der Waals surface area (Å²) in [7, 11) is 0. The summed E-state index contributed by atoms with van der Waals surface area (Å²) in [5, 5.41) is 4.08. The Labute approximate surface area is 109 Å². The molecule has 1 aliphatic rings.